The fraction of sp³-hybridized carbons (Fsp3) is 0.636. The first-order valence-electron chi connectivity index (χ1n) is 15.1. The van der Waals surface area contributed by atoms with Crippen LogP contribution >= 0.6 is 0 Å². The predicted molar refractivity (Wildman–Crippen MR) is 153 cm³/mol. The zero-order valence-corrected chi connectivity index (χ0v) is 22.4. The molecule has 3 aliphatic carbocycles. The highest BCUT2D eigenvalue weighted by molar-refractivity contribution is 5.84. The number of unbranched alkanes of at least 4 members (excludes halogenated alkanes) is 2. The highest BCUT2D eigenvalue weighted by Crippen LogP contribution is 2.55. The fourth-order valence-corrected chi connectivity index (χ4v) is 7.26. The van der Waals surface area contributed by atoms with Crippen LogP contribution in [0.5, 0.6) is 0 Å². The number of benzene rings is 2. The van der Waals surface area contributed by atoms with Crippen LogP contribution in [-0.2, 0) is 5.41 Å². The van der Waals surface area contributed by atoms with Gasteiger partial charge in [-0.05, 0) is 85.0 Å². The summed E-state index contributed by atoms with van der Waals surface area (Å²) in [7, 11) is 0. The van der Waals surface area contributed by atoms with Crippen LogP contribution in [0.2, 0.25) is 0 Å². The molecule has 2 fully saturated rings. The van der Waals surface area contributed by atoms with Crippen LogP contribution in [0.25, 0.3) is 11.1 Å². The van der Waals surface area contributed by atoms with Crippen molar-refractivity contribution >= 4 is 11.4 Å². The molecule has 0 heterocycles. The lowest BCUT2D eigenvalue weighted by atomic mass is 9.70. The van der Waals surface area contributed by atoms with Crippen LogP contribution in [0.1, 0.15) is 128 Å². The van der Waals surface area contributed by atoms with E-state index in [0.29, 0.717) is 12.1 Å². The van der Waals surface area contributed by atoms with Crippen molar-refractivity contribution in [2.75, 3.05) is 10.6 Å². The molecular weight excluding hydrogens is 424 g/mol. The quantitative estimate of drug-likeness (QED) is 0.359. The molecule has 0 aromatic heterocycles. The summed E-state index contributed by atoms with van der Waals surface area (Å²) in [5.41, 5.74) is 9.04. The van der Waals surface area contributed by atoms with Crippen molar-refractivity contribution in [2.24, 2.45) is 0 Å². The maximum atomic E-state index is 3.94. The Morgan fingerprint density at radius 3 is 1.46 bits per heavy atom. The Labute approximate surface area is 214 Å². The molecule has 0 atom stereocenters. The molecule has 2 aromatic rings. The molecule has 5 rings (SSSR count). The second kappa shape index (κ2) is 11.4. The van der Waals surface area contributed by atoms with Gasteiger partial charge < -0.3 is 10.6 Å². The highest BCUT2D eigenvalue weighted by atomic mass is 14.9. The van der Waals surface area contributed by atoms with E-state index in [4.69, 9.17) is 0 Å². The molecule has 0 spiro atoms. The molecule has 0 radical (unpaired) electrons. The molecule has 35 heavy (non-hydrogen) atoms. The van der Waals surface area contributed by atoms with Gasteiger partial charge in [0, 0.05) is 28.9 Å². The summed E-state index contributed by atoms with van der Waals surface area (Å²) < 4.78 is 0. The maximum Gasteiger partial charge on any atom is 0.0345 e. The van der Waals surface area contributed by atoms with Crippen molar-refractivity contribution in [3.05, 3.63) is 47.5 Å². The van der Waals surface area contributed by atoms with E-state index < -0.39 is 0 Å². The van der Waals surface area contributed by atoms with Crippen LogP contribution in [0.4, 0.5) is 11.4 Å². The molecule has 0 amide bonds. The first kappa shape index (κ1) is 24.7. The fourth-order valence-electron chi connectivity index (χ4n) is 7.26. The topological polar surface area (TPSA) is 24.1 Å². The number of hydrogen-bond donors (Lipinski definition) is 2. The van der Waals surface area contributed by atoms with Gasteiger partial charge in [0.05, 0.1) is 0 Å². The van der Waals surface area contributed by atoms with Crippen molar-refractivity contribution in [3.8, 4) is 11.1 Å². The molecular formula is C33H48N2. The van der Waals surface area contributed by atoms with E-state index >= 15 is 0 Å². The minimum absolute atomic E-state index is 0.158. The summed E-state index contributed by atoms with van der Waals surface area (Å²) in [5.74, 6) is 0. The van der Waals surface area contributed by atoms with Crippen LogP contribution in [0.15, 0.2) is 36.4 Å². The molecule has 0 bridgehead atoms. The first-order valence-corrected chi connectivity index (χ1v) is 15.1. The average Bonchev–Trinajstić information content (AvgIpc) is 3.16. The molecule has 0 unspecified atom stereocenters. The van der Waals surface area contributed by atoms with Gasteiger partial charge in [-0.25, -0.2) is 0 Å². The van der Waals surface area contributed by atoms with Crippen LogP contribution in [-0.4, -0.2) is 12.1 Å². The Morgan fingerprint density at radius 1 is 0.629 bits per heavy atom. The normalized spacial score (nSPS) is 19.8. The lowest BCUT2D eigenvalue weighted by molar-refractivity contribution is 0.414. The van der Waals surface area contributed by atoms with E-state index in [1.54, 1.807) is 11.1 Å². The smallest absolute Gasteiger partial charge is 0.0345 e. The molecule has 0 aliphatic heterocycles. The Bertz CT molecular complexity index is 886. The Kier molecular flexibility index (Phi) is 8.05. The maximum absolute atomic E-state index is 3.94. The number of fused-ring (bicyclic) bond motifs is 3. The Hall–Kier alpha value is -1.96. The Morgan fingerprint density at radius 2 is 1.06 bits per heavy atom. The summed E-state index contributed by atoms with van der Waals surface area (Å²) >= 11 is 0. The van der Waals surface area contributed by atoms with Crippen molar-refractivity contribution in [1.82, 2.24) is 0 Å². The van der Waals surface area contributed by atoms with E-state index in [1.165, 1.54) is 125 Å². The molecule has 2 nitrogen and oxygen atoms in total. The van der Waals surface area contributed by atoms with Crippen LogP contribution < -0.4 is 10.6 Å². The molecule has 0 saturated heterocycles. The SMILES string of the molecule is CCCCC1(CCCC)c2cc(NC3CCCCC3)ccc2-c2ccc(NC3CCCCC3)cc21. The molecule has 3 aliphatic rings. The largest absolute Gasteiger partial charge is 0.382 e. The second-order valence-corrected chi connectivity index (χ2v) is 11.8. The van der Waals surface area contributed by atoms with Gasteiger partial charge >= 0.3 is 0 Å². The van der Waals surface area contributed by atoms with Gasteiger partial charge in [0.2, 0.25) is 0 Å². The van der Waals surface area contributed by atoms with E-state index in [1.807, 2.05) is 0 Å². The lowest BCUT2D eigenvalue weighted by Gasteiger charge is -2.34. The van der Waals surface area contributed by atoms with Gasteiger partial charge in [0.25, 0.3) is 0 Å². The van der Waals surface area contributed by atoms with Crippen LogP contribution in [0, 0.1) is 0 Å². The number of hydrogen-bond acceptors (Lipinski definition) is 2. The van der Waals surface area contributed by atoms with E-state index in [-0.39, 0.29) is 5.41 Å². The van der Waals surface area contributed by atoms with Gasteiger partial charge in [-0.1, -0.05) is 90.2 Å². The van der Waals surface area contributed by atoms with Gasteiger partial charge in [-0.3, -0.25) is 0 Å². The van der Waals surface area contributed by atoms with Crippen molar-refractivity contribution in [3.63, 3.8) is 0 Å². The molecule has 190 valence electrons. The number of anilines is 2. The minimum Gasteiger partial charge on any atom is -0.382 e. The zero-order chi connectivity index (χ0) is 24.1. The standard InChI is InChI=1S/C33H48N2/c1-3-5-21-33(22-6-4-2)31-23-27(34-25-13-9-7-10-14-25)17-19-29(31)30-20-18-28(24-32(30)33)35-26-15-11-8-12-16-26/h17-20,23-26,34-35H,3-16,21-22H2,1-2H3. The molecule has 2 aromatic carbocycles. The van der Waals surface area contributed by atoms with Crippen molar-refractivity contribution in [2.45, 2.75) is 134 Å². The van der Waals surface area contributed by atoms with E-state index in [9.17, 15) is 0 Å². The second-order valence-electron chi connectivity index (χ2n) is 11.8. The predicted octanol–water partition coefficient (Wildman–Crippen LogP) is 9.82. The molecule has 2 saturated carbocycles. The Balaban J connectivity index is 1.51. The monoisotopic (exact) mass is 472 g/mol. The number of nitrogens with one attached hydrogen (secondary N) is 2. The van der Waals surface area contributed by atoms with Gasteiger partial charge in [0.15, 0.2) is 0 Å². The average molecular weight is 473 g/mol. The third-order valence-electron chi connectivity index (χ3n) is 9.23. The summed E-state index contributed by atoms with van der Waals surface area (Å²) in [4.78, 5) is 0. The zero-order valence-electron chi connectivity index (χ0n) is 22.4. The third-order valence-corrected chi connectivity index (χ3v) is 9.23. The van der Waals surface area contributed by atoms with Gasteiger partial charge in [-0.15, -0.1) is 0 Å². The third kappa shape index (κ3) is 5.27. The van der Waals surface area contributed by atoms with Crippen molar-refractivity contribution < 1.29 is 0 Å². The van der Waals surface area contributed by atoms with E-state index in [2.05, 4.69) is 60.9 Å². The van der Waals surface area contributed by atoms with E-state index in [0.717, 1.165) is 0 Å². The summed E-state index contributed by atoms with van der Waals surface area (Å²) in [6, 6.07) is 16.0. The van der Waals surface area contributed by atoms with Crippen molar-refractivity contribution in [1.29, 1.82) is 0 Å². The summed E-state index contributed by atoms with van der Waals surface area (Å²) in [5, 5.41) is 7.88. The lowest BCUT2D eigenvalue weighted by Crippen LogP contribution is -2.27. The van der Waals surface area contributed by atoms with Gasteiger partial charge in [0.1, 0.15) is 0 Å². The summed E-state index contributed by atoms with van der Waals surface area (Å²) in [6.07, 6.45) is 21.3. The highest BCUT2D eigenvalue weighted by Gasteiger charge is 2.42. The van der Waals surface area contributed by atoms with Crippen LogP contribution in [0.3, 0.4) is 0 Å². The van der Waals surface area contributed by atoms with Gasteiger partial charge in [-0.2, -0.15) is 0 Å². The minimum atomic E-state index is 0.158. The number of rotatable bonds is 10. The molecule has 2 N–H and O–H groups in total. The summed E-state index contributed by atoms with van der Waals surface area (Å²) in [6.45, 7) is 4.71. The molecule has 2 heteroatoms. The first-order chi connectivity index (χ1) is 17.2.